The zero-order valence-corrected chi connectivity index (χ0v) is 14.0. The molecular formula is C18H25N3O2. The van der Waals surface area contributed by atoms with E-state index >= 15 is 0 Å². The van der Waals surface area contributed by atoms with Crippen LogP contribution in [0.1, 0.15) is 24.5 Å². The number of carbonyl (C=O) groups excluding carboxylic acids is 2. The minimum Gasteiger partial charge on any atom is -0.301 e. The Morgan fingerprint density at radius 3 is 2.30 bits per heavy atom. The molecule has 2 heterocycles. The molecule has 2 fully saturated rings. The number of nitrogens with zero attached hydrogens (tertiary/aromatic N) is 3. The fourth-order valence-corrected chi connectivity index (χ4v) is 3.38. The lowest BCUT2D eigenvalue weighted by molar-refractivity contribution is -0.140. The fraction of sp³-hybridized carbons (Fsp3) is 0.556. The first-order chi connectivity index (χ1) is 11.1. The maximum atomic E-state index is 12.7. The summed E-state index contributed by atoms with van der Waals surface area (Å²) in [6, 6.07) is 7.75. The van der Waals surface area contributed by atoms with E-state index < -0.39 is 0 Å². The fourth-order valence-electron chi connectivity index (χ4n) is 3.38. The smallest absolute Gasteiger partial charge is 0.247 e. The number of carbonyl (C=O) groups is 2. The first-order valence-electron chi connectivity index (χ1n) is 8.44. The van der Waals surface area contributed by atoms with Gasteiger partial charge in [-0.05, 0) is 19.0 Å². The van der Waals surface area contributed by atoms with Crippen LogP contribution in [-0.4, -0.2) is 65.3 Å². The molecule has 2 aliphatic heterocycles. The Morgan fingerprint density at radius 2 is 1.70 bits per heavy atom. The van der Waals surface area contributed by atoms with Crippen LogP contribution in [0.4, 0.5) is 0 Å². The molecule has 0 N–H and O–H groups in total. The third kappa shape index (κ3) is 3.46. The summed E-state index contributed by atoms with van der Waals surface area (Å²) in [7, 11) is 0. The molecule has 1 atom stereocenters. The molecule has 0 spiro atoms. The van der Waals surface area contributed by atoms with Crippen molar-refractivity contribution >= 4 is 11.8 Å². The van der Waals surface area contributed by atoms with E-state index in [9.17, 15) is 9.59 Å². The molecule has 2 aliphatic rings. The molecule has 0 bridgehead atoms. The van der Waals surface area contributed by atoms with Gasteiger partial charge >= 0.3 is 0 Å². The minimum atomic E-state index is -0.257. The summed E-state index contributed by atoms with van der Waals surface area (Å²) in [5.41, 5.74) is 2.19. The van der Waals surface area contributed by atoms with E-state index in [4.69, 9.17) is 0 Å². The van der Waals surface area contributed by atoms with E-state index in [1.54, 1.807) is 0 Å². The minimum absolute atomic E-state index is 0.0273. The number of amides is 2. The third-order valence-electron chi connectivity index (χ3n) is 4.98. The van der Waals surface area contributed by atoms with Gasteiger partial charge in [0.2, 0.25) is 11.8 Å². The standard InChI is InChI=1S/C18H25N3O2/c1-3-19-8-10-20(11-9-19)16-12-17(22)21(18(16)23)13-15-6-4-14(2)5-7-15/h4-7,16H,3,8-13H2,1-2H3/t16-/m0/s1. The second-order valence-corrected chi connectivity index (χ2v) is 6.49. The van der Waals surface area contributed by atoms with Crippen molar-refractivity contribution in [2.45, 2.75) is 32.9 Å². The first-order valence-corrected chi connectivity index (χ1v) is 8.44. The van der Waals surface area contributed by atoms with Crippen LogP contribution in [0, 0.1) is 6.92 Å². The van der Waals surface area contributed by atoms with Gasteiger partial charge in [0.15, 0.2) is 0 Å². The maximum absolute atomic E-state index is 12.7. The maximum Gasteiger partial charge on any atom is 0.247 e. The van der Waals surface area contributed by atoms with Crippen LogP contribution in [0.15, 0.2) is 24.3 Å². The van der Waals surface area contributed by atoms with E-state index in [0.29, 0.717) is 13.0 Å². The molecular weight excluding hydrogens is 290 g/mol. The molecule has 0 saturated carbocycles. The Bertz CT molecular complexity index is 576. The summed E-state index contributed by atoms with van der Waals surface area (Å²) in [5.74, 6) is -0.0704. The van der Waals surface area contributed by atoms with Crippen molar-refractivity contribution < 1.29 is 9.59 Å². The topological polar surface area (TPSA) is 43.9 Å². The van der Waals surface area contributed by atoms with Gasteiger partial charge in [-0.1, -0.05) is 36.8 Å². The first kappa shape index (κ1) is 16.1. The molecule has 0 aromatic heterocycles. The average molecular weight is 315 g/mol. The molecule has 5 nitrogen and oxygen atoms in total. The third-order valence-corrected chi connectivity index (χ3v) is 4.98. The predicted molar refractivity (Wildman–Crippen MR) is 88.8 cm³/mol. The molecule has 0 aliphatic carbocycles. The summed E-state index contributed by atoms with van der Waals surface area (Å²) >= 11 is 0. The molecule has 2 amide bonds. The van der Waals surface area contributed by atoms with Crippen molar-refractivity contribution in [2.75, 3.05) is 32.7 Å². The van der Waals surface area contributed by atoms with Gasteiger partial charge in [0, 0.05) is 26.2 Å². The highest BCUT2D eigenvalue weighted by atomic mass is 16.2. The Morgan fingerprint density at radius 1 is 1.04 bits per heavy atom. The van der Waals surface area contributed by atoms with E-state index in [2.05, 4.69) is 16.7 Å². The summed E-state index contributed by atoms with van der Waals surface area (Å²) in [6.07, 6.45) is 0.330. The lowest BCUT2D eigenvalue weighted by Gasteiger charge is -2.36. The molecule has 23 heavy (non-hydrogen) atoms. The number of piperazine rings is 1. The van der Waals surface area contributed by atoms with Gasteiger partial charge in [0.05, 0.1) is 19.0 Å². The average Bonchev–Trinajstić information content (AvgIpc) is 2.85. The Kier molecular flexibility index (Phi) is 4.78. The van der Waals surface area contributed by atoms with Gasteiger partial charge in [-0.15, -0.1) is 0 Å². The van der Waals surface area contributed by atoms with Gasteiger partial charge in [-0.25, -0.2) is 0 Å². The zero-order valence-electron chi connectivity index (χ0n) is 14.0. The van der Waals surface area contributed by atoms with Gasteiger partial charge in [-0.2, -0.15) is 0 Å². The largest absolute Gasteiger partial charge is 0.301 e. The quantitative estimate of drug-likeness (QED) is 0.785. The highest BCUT2D eigenvalue weighted by molar-refractivity contribution is 6.05. The second-order valence-electron chi connectivity index (χ2n) is 6.49. The van der Waals surface area contributed by atoms with Crippen molar-refractivity contribution in [1.29, 1.82) is 0 Å². The molecule has 2 saturated heterocycles. The molecule has 1 aromatic carbocycles. The number of rotatable bonds is 4. The van der Waals surface area contributed by atoms with Gasteiger partial charge in [0.25, 0.3) is 0 Å². The molecule has 5 heteroatoms. The van der Waals surface area contributed by atoms with Crippen LogP contribution in [0.2, 0.25) is 0 Å². The van der Waals surface area contributed by atoms with Crippen LogP contribution >= 0.6 is 0 Å². The zero-order chi connectivity index (χ0) is 16.4. The molecule has 0 unspecified atom stereocenters. The van der Waals surface area contributed by atoms with E-state index in [-0.39, 0.29) is 17.9 Å². The van der Waals surface area contributed by atoms with Crippen molar-refractivity contribution in [1.82, 2.24) is 14.7 Å². The number of hydrogen-bond acceptors (Lipinski definition) is 4. The van der Waals surface area contributed by atoms with Gasteiger partial charge < -0.3 is 4.90 Å². The van der Waals surface area contributed by atoms with E-state index in [1.165, 1.54) is 10.5 Å². The highest BCUT2D eigenvalue weighted by Gasteiger charge is 2.42. The van der Waals surface area contributed by atoms with Crippen molar-refractivity contribution in [3.8, 4) is 0 Å². The Balaban J connectivity index is 1.64. The predicted octanol–water partition coefficient (Wildman–Crippen LogP) is 1.26. The summed E-state index contributed by atoms with van der Waals surface area (Å²) < 4.78 is 0. The number of hydrogen-bond donors (Lipinski definition) is 0. The number of likely N-dealkylation sites (tertiary alicyclic amines) is 1. The summed E-state index contributed by atoms with van der Waals surface area (Å²) in [6.45, 7) is 9.32. The van der Waals surface area contributed by atoms with E-state index in [0.717, 1.165) is 38.3 Å². The molecule has 0 radical (unpaired) electrons. The van der Waals surface area contributed by atoms with Crippen LogP contribution in [0.25, 0.3) is 0 Å². The molecule has 1 aromatic rings. The summed E-state index contributed by atoms with van der Waals surface area (Å²) in [5, 5.41) is 0. The second kappa shape index (κ2) is 6.81. The SMILES string of the molecule is CCN1CCN([C@H]2CC(=O)N(Cc3ccc(C)cc3)C2=O)CC1. The lowest BCUT2D eigenvalue weighted by Crippen LogP contribution is -2.52. The highest BCUT2D eigenvalue weighted by Crippen LogP contribution is 2.22. The van der Waals surface area contributed by atoms with Crippen LogP contribution in [0.5, 0.6) is 0 Å². The van der Waals surface area contributed by atoms with Crippen molar-refractivity contribution in [3.05, 3.63) is 35.4 Å². The number of aryl methyl sites for hydroxylation is 1. The molecule has 3 rings (SSSR count). The lowest BCUT2D eigenvalue weighted by atomic mass is 10.1. The number of likely N-dealkylation sites (N-methyl/N-ethyl adjacent to an activating group) is 1. The van der Waals surface area contributed by atoms with Crippen molar-refractivity contribution in [3.63, 3.8) is 0 Å². The van der Waals surface area contributed by atoms with E-state index in [1.807, 2.05) is 31.2 Å². The van der Waals surface area contributed by atoms with Crippen LogP contribution in [0.3, 0.4) is 0 Å². The Hall–Kier alpha value is -1.72. The van der Waals surface area contributed by atoms with Crippen LogP contribution < -0.4 is 0 Å². The molecule has 124 valence electrons. The van der Waals surface area contributed by atoms with Gasteiger partial charge in [-0.3, -0.25) is 19.4 Å². The van der Waals surface area contributed by atoms with Crippen LogP contribution in [-0.2, 0) is 16.1 Å². The van der Waals surface area contributed by atoms with Crippen molar-refractivity contribution in [2.24, 2.45) is 0 Å². The Labute approximate surface area is 137 Å². The normalized spacial score (nSPS) is 23.7. The summed E-state index contributed by atoms with van der Waals surface area (Å²) in [4.78, 5) is 31.0. The number of imide groups is 1. The number of benzene rings is 1. The monoisotopic (exact) mass is 315 g/mol. The van der Waals surface area contributed by atoms with Gasteiger partial charge in [0.1, 0.15) is 0 Å².